The van der Waals surface area contributed by atoms with E-state index >= 15 is 0 Å². The predicted molar refractivity (Wildman–Crippen MR) is 106 cm³/mol. The zero-order chi connectivity index (χ0) is 19.6. The lowest BCUT2D eigenvalue weighted by Crippen LogP contribution is -2.25. The van der Waals surface area contributed by atoms with Crippen LogP contribution in [0.15, 0.2) is 41.4 Å². The van der Waals surface area contributed by atoms with Crippen LogP contribution in [0.3, 0.4) is 0 Å². The maximum atomic E-state index is 12.9. The van der Waals surface area contributed by atoms with Crippen LogP contribution in [0.1, 0.15) is 28.8 Å². The number of anilines is 2. The van der Waals surface area contributed by atoms with E-state index < -0.39 is 10.0 Å². The standard InChI is InChI=1S/C19H24N4O3S/c1-14-6-9-18(20-13-14)21-19(24)16-12-15(27(25,26)22(2)3)7-8-17(16)23-10-4-5-11-23/h6-9,12-13H,4-5,10-11H2,1-3H3,(H,20,21,24). The molecule has 1 aromatic carbocycles. The third kappa shape index (κ3) is 4.12. The highest BCUT2D eigenvalue weighted by Gasteiger charge is 2.24. The van der Waals surface area contributed by atoms with Crippen molar-refractivity contribution in [3.63, 3.8) is 0 Å². The highest BCUT2D eigenvalue weighted by atomic mass is 32.2. The Bertz CT molecular complexity index is 934. The summed E-state index contributed by atoms with van der Waals surface area (Å²) in [6.07, 6.45) is 3.78. The van der Waals surface area contributed by atoms with Gasteiger partial charge in [-0.2, -0.15) is 0 Å². The Morgan fingerprint density at radius 3 is 2.44 bits per heavy atom. The quantitative estimate of drug-likeness (QED) is 0.851. The van der Waals surface area contributed by atoms with Gasteiger partial charge in [-0.1, -0.05) is 6.07 Å². The van der Waals surface area contributed by atoms with Gasteiger partial charge in [-0.25, -0.2) is 17.7 Å². The van der Waals surface area contributed by atoms with E-state index in [0.717, 1.165) is 41.5 Å². The molecule has 1 saturated heterocycles. The summed E-state index contributed by atoms with van der Waals surface area (Å²) >= 11 is 0. The highest BCUT2D eigenvalue weighted by molar-refractivity contribution is 7.89. The molecule has 0 unspecified atom stereocenters. The fraction of sp³-hybridized carbons (Fsp3) is 0.368. The Kier molecular flexibility index (Phi) is 5.48. The molecule has 0 spiro atoms. The van der Waals surface area contributed by atoms with Gasteiger partial charge in [0.25, 0.3) is 5.91 Å². The Morgan fingerprint density at radius 1 is 1.15 bits per heavy atom. The number of sulfonamides is 1. The van der Waals surface area contributed by atoms with Crippen molar-refractivity contribution in [1.29, 1.82) is 0 Å². The third-order valence-corrected chi connectivity index (χ3v) is 6.40. The molecular formula is C19H24N4O3S. The first-order valence-electron chi connectivity index (χ1n) is 8.84. The second-order valence-electron chi connectivity index (χ2n) is 6.84. The minimum Gasteiger partial charge on any atom is -0.371 e. The van der Waals surface area contributed by atoms with Crippen LogP contribution in [0.5, 0.6) is 0 Å². The molecule has 1 amide bonds. The largest absolute Gasteiger partial charge is 0.371 e. The van der Waals surface area contributed by atoms with Crippen LogP contribution in [-0.2, 0) is 10.0 Å². The van der Waals surface area contributed by atoms with Gasteiger partial charge < -0.3 is 10.2 Å². The van der Waals surface area contributed by atoms with Crippen LogP contribution in [-0.4, -0.2) is 50.8 Å². The fourth-order valence-electron chi connectivity index (χ4n) is 3.03. The normalized spacial score (nSPS) is 14.6. The fourth-order valence-corrected chi connectivity index (χ4v) is 3.96. The molecule has 7 nitrogen and oxygen atoms in total. The first-order chi connectivity index (χ1) is 12.8. The second-order valence-corrected chi connectivity index (χ2v) is 8.99. The minimum atomic E-state index is -3.63. The Labute approximate surface area is 160 Å². The summed E-state index contributed by atoms with van der Waals surface area (Å²) in [5, 5.41) is 2.77. The molecule has 8 heteroatoms. The molecule has 1 N–H and O–H groups in total. The van der Waals surface area contributed by atoms with Crippen LogP contribution < -0.4 is 10.2 Å². The number of rotatable bonds is 5. The summed E-state index contributed by atoms with van der Waals surface area (Å²) in [6, 6.07) is 8.32. The van der Waals surface area contributed by atoms with Gasteiger partial charge in [0.05, 0.1) is 10.5 Å². The number of amides is 1. The molecule has 1 aliphatic rings. The van der Waals surface area contributed by atoms with E-state index in [1.165, 1.54) is 20.2 Å². The number of aryl methyl sites for hydroxylation is 1. The van der Waals surface area contributed by atoms with Crippen molar-refractivity contribution in [1.82, 2.24) is 9.29 Å². The number of aromatic nitrogens is 1. The van der Waals surface area contributed by atoms with Crippen molar-refractivity contribution >= 4 is 27.4 Å². The Morgan fingerprint density at radius 2 is 1.85 bits per heavy atom. The van der Waals surface area contributed by atoms with E-state index in [-0.39, 0.29) is 10.8 Å². The maximum Gasteiger partial charge on any atom is 0.258 e. The zero-order valence-electron chi connectivity index (χ0n) is 15.8. The molecule has 1 aromatic heterocycles. The minimum absolute atomic E-state index is 0.0949. The summed E-state index contributed by atoms with van der Waals surface area (Å²) < 4.78 is 26.1. The molecule has 0 atom stereocenters. The van der Waals surface area contributed by atoms with Crippen molar-refractivity contribution in [3.05, 3.63) is 47.7 Å². The average molecular weight is 388 g/mol. The second kappa shape index (κ2) is 7.66. The SMILES string of the molecule is Cc1ccc(NC(=O)c2cc(S(=O)(=O)N(C)C)ccc2N2CCCC2)nc1. The predicted octanol–water partition coefficient (Wildman–Crippen LogP) is 2.49. The lowest BCUT2D eigenvalue weighted by atomic mass is 10.1. The molecule has 3 rings (SSSR count). The number of nitrogens with one attached hydrogen (secondary N) is 1. The average Bonchev–Trinajstić information content (AvgIpc) is 3.17. The summed E-state index contributed by atoms with van der Waals surface area (Å²) in [4.78, 5) is 19.3. The molecule has 1 aliphatic heterocycles. The van der Waals surface area contributed by atoms with E-state index in [1.807, 2.05) is 13.0 Å². The lowest BCUT2D eigenvalue weighted by molar-refractivity contribution is 0.102. The number of carbonyl (C=O) groups excluding carboxylic acids is 1. The van der Waals surface area contributed by atoms with Gasteiger partial charge in [0.1, 0.15) is 5.82 Å². The van der Waals surface area contributed by atoms with Gasteiger partial charge in [0, 0.05) is 39.1 Å². The van der Waals surface area contributed by atoms with Gasteiger partial charge in [-0.15, -0.1) is 0 Å². The lowest BCUT2D eigenvalue weighted by Gasteiger charge is -2.22. The topological polar surface area (TPSA) is 82.6 Å². The summed E-state index contributed by atoms with van der Waals surface area (Å²) in [5.41, 5.74) is 2.07. The summed E-state index contributed by atoms with van der Waals surface area (Å²) in [5.74, 6) is 0.0582. The van der Waals surface area contributed by atoms with Crippen molar-refractivity contribution in [3.8, 4) is 0 Å². The Hall–Kier alpha value is -2.45. The van der Waals surface area contributed by atoms with Gasteiger partial charge in [0.15, 0.2) is 0 Å². The molecule has 0 bridgehead atoms. The molecule has 2 heterocycles. The first-order valence-corrected chi connectivity index (χ1v) is 10.3. The van der Waals surface area contributed by atoms with Crippen molar-refractivity contribution in [2.45, 2.75) is 24.7 Å². The first kappa shape index (κ1) is 19.3. The van der Waals surface area contributed by atoms with Crippen LogP contribution in [0, 0.1) is 6.92 Å². The number of nitrogens with zero attached hydrogens (tertiary/aromatic N) is 3. The summed E-state index contributed by atoms with van der Waals surface area (Å²) in [6.45, 7) is 3.62. The van der Waals surface area contributed by atoms with E-state index in [2.05, 4.69) is 15.2 Å². The third-order valence-electron chi connectivity index (χ3n) is 4.59. The molecule has 2 aromatic rings. The number of hydrogen-bond acceptors (Lipinski definition) is 5. The molecule has 0 aliphatic carbocycles. The van der Waals surface area contributed by atoms with Crippen molar-refractivity contribution < 1.29 is 13.2 Å². The molecule has 0 saturated carbocycles. The van der Waals surface area contributed by atoms with E-state index in [1.54, 1.807) is 24.4 Å². The molecule has 144 valence electrons. The smallest absolute Gasteiger partial charge is 0.258 e. The number of pyridine rings is 1. The van der Waals surface area contributed by atoms with Gasteiger partial charge in [-0.05, 0) is 49.6 Å². The number of benzene rings is 1. The number of carbonyl (C=O) groups is 1. The molecule has 27 heavy (non-hydrogen) atoms. The van der Waals surface area contributed by atoms with Gasteiger partial charge in [0.2, 0.25) is 10.0 Å². The molecule has 1 fully saturated rings. The Balaban J connectivity index is 2.00. The number of hydrogen-bond donors (Lipinski definition) is 1. The summed E-state index contributed by atoms with van der Waals surface area (Å²) in [7, 11) is -0.689. The van der Waals surface area contributed by atoms with Crippen LogP contribution in [0.25, 0.3) is 0 Å². The van der Waals surface area contributed by atoms with Crippen molar-refractivity contribution in [2.75, 3.05) is 37.4 Å². The molecular weight excluding hydrogens is 364 g/mol. The zero-order valence-corrected chi connectivity index (χ0v) is 16.6. The van der Waals surface area contributed by atoms with Crippen LogP contribution >= 0.6 is 0 Å². The van der Waals surface area contributed by atoms with E-state index in [0.29, 0.717) is 11.4 Å². The van der Waals surface area contributed by atoms with E-state index in [9.17, 15) is 13.2 Å². The van der Waals surface area contributed by atoms with Crippen molar-refractivity contribution in [2.24, 2.45) is 0 Å². The van der Waals surface area contributed by atoms with Crippen LogP contribution in [0.4, 0.5) is 11.5 Å². The highest BCUT2D eigenvalue weighted by Crippen LogP contribution is 2.28. The van der Waals surface area contributed by atoms with Gasteiger partial charge in [-0.3, -0.25) is 4.79 Å². The van der Waals surface area contributed by atoms with Crippen LogP contribution in [0.2, 0.25) is 0 Å². The van der Waals surface area contributed by atoms with E-state index in [4.69, 9.17) is 0 Å². The molecule has 0 radical (unpaired) electrons. The monoisotopic (exact) mass is 388 g/mol. The maximum absolute atomic E-state index is 12.9. The van der Waals surface area contributed by atoms with Gasteiger partial charge >= 0.3 is 0 Å².